The van der Waals surface area contributed by atoms with Crippen molar-refractivity contribution < 1.29 is 33.7 Å². The van der Waals surface area contributed by atoms with E-state index >= 15 is 0 Å². The number of carbonyl (C=O) groups is 2. The van der Waals surface area contributed by atoms with Gasteiger partial charge in [0.05, 0.1) is 31.2 Å². The lowest BCUT2D eigenvalue weighted by atomic mass is 10.0. The Bertz CT molecular complexity index is 1560. The van der Waals surface area contributed by atoms with Crippen molar-refractivity contribution in [3.8, 4) is 5.75 Å². The van der Waals surface area contributed by atoms with Crippen LogP contribution in [0.5, 0.6) is 5.75 Å². The fraction of sp³-hybridized carbons (Fsp3) is 0.588. The minimum Gasteiger partial charge on any atom is -0.494 e. The van der Waals surface area contributed by atoms with Crippen molar-refractivity contribution in [1.29, 1.82) is 0 Å². The number of nitrogens with zero attached hydrogens (tertiary/aromatic N) is 5. The zero-order valence-electron chi connectivity index (χ0n) is 29.7. The highest BCUT2D eigenvalue weighted by Crippen LogP contribution is 2.38. The van der Waals surface area contributed by atoms with Crippen molar-refractivity contribution in [2.45, 2.75) is 104 Å². The summed E-state index contributed by atoms with van der Waals surface area (Å²) in [6.45, 7) is 19.3. The number of benzene rings is 1. The Balaban J connectivity index is 1.89. The van der Waals surface area contributed by atoms with Crippen LogP contribution in [0.25, 0.3) is 5.65 Å². The minimum absolute atomic E-state index is 0.0563. The standard InChI is InChI=1S/C34H52N6O7Si/c1-10-45-26-15-13-24(14-16-26)39(32(44)47-33(2,3)4)30-27(20-25(41)22-46-48(8,9)34(5,6)7)29(37-28-17-18-35-40(28)30)36-23-12-11-19-38(21-23)31(42)43/h13-18,23,25,41H,10-12,19-22H2,1-9H3,(H,36,37)(H,42,43). The number of aromatic nitrogens is 3. The molecule has 1 fully saturated rings. The van der Waals surface area contributed by atoms with E-state index in [0.717, 1.165) is 6.42 Å². The van der Waals surface area contributed by atoms with Gasteiger partial charge in [-0.25, -0.2) is 19.5 Å². The second-order valence-electron chi connectivity index (χ2n) is 14.7. The third-order valence-corrected chi connectivity index (χ3v) is 13.2. The molecule has 0 spiro atoms. The lowest BCUT2D eigenvalue weighted by Crippen LogP contribution is -2.45. The van der Waals surface area contributed by atoms with Crippen molar-refractivity contribution in [3.63, 3.8) is 0 Å². The van der Waals surface area contributed by atoms with Crippen molar-refractivity contribution in [3.05, 3.63) is 42.1 Å². The maximum absolute atomic E-state index is 14.2. The second kappa shape index (κ2) is 14.7. The SMILES string of the molecule is CCOc1ccc(N(C(=O)OC(C)(C)C)c2c(CC(O)CO[Si](C)(C)C(C)(C)C)c(NC3CCCN(C(=O)O)C3)nc3ccnn23)cc1. The molecule has 2 aromatic heterocycles. The molecule has 2 amide bonds. The van der Waals surface area contributed by atoms with E-state index in [1.165, 1.54) is 9.80 Å². The van der Waals surface area contributed by atoms with Crippen molar-refractivity contribution >= 4 is 43.5 Å². The number of aliphatic hydroxyl groups is 1. The van der Waals surface area contributed by atoms with Crippen LogP contribution in [-0.2, 0) is 15.6 Å². The molecule has 4 rings (SSSR count). The summed E-state index contributed by atoms with van der Waals surface area (Å²) in [7, 11) is -2.20. The molecule has 13 nitrogen and oxygen atoms in total. The summed E-state index contributed by atoms with van der Waals surface area (Å²) in [5.41, 5.74) is 0.625. The molecule has 1 saturated heterocycles. The van der Waals surface area contributed by atoms with E-state index in [-0.39, 0.29) is 30.7 Å². The molecule has 48 heavy (non-hydrogen) atoms. The van der Waals surface area contributed by atoms with Gasteiger partial charge < -0.3 is 34.3 Å². The van der Waals surface area contributed by atoms with Gasteiger partial charge in [-0.1, -0.05) is 20.8 Å². The Morgan fingerprint density at radius 3 is 2.42 bits per heavy atom. The normalized spacial score (nSPS) is 16.5. The molecular weight excluding hydrogens is 632 g/mol. The number of likely N-dealkylation sites (tertiary alicyclic amines) is 1. The number of nitrogens with one attached hydrogen (secondary N) is 1. The first-order valence-electron chi connectivity index (χ1n) is 16.6. The smallest absolute Gasteiger partial charge is 0.420 e. The van der Waals surface area contributed by atoms with Gasteiger partial charge >= 0.3 is 12.2 Å². The summed E-state index contributed by atoms with van der Waals surface area (Å²) in [5.74, 6) is 1.40. The predicted molar refractivity (Wildman–Crippen MR) is 188 cm³/mol. The zero-order valence-corrected chi connectivity index (χ0v) is 30.7. The molecule has 1 aliphatic heterocycles. The molecule has 0 aliphatic carbocycles. The first-order valence-corrected chi connectivity index (χ1v) is 19.5. The molecule has 264 valence electrons. The van der Waals surface area contributed by atoms with Crippen molar-refractivity contribution in [1.82, 2.24) is 19.5 Å². The summed E-state index contributed by atoms with van der Waals surface area (Å²) >= 11 is 0. The molecule has 2 unspecified atom stereocenters. The first-order chi connectivity index (χ1) is 22.4. The topological polar surface area (TPSA) is 151 Å². The largest absolute Gasteiger partial charge is 0.494 e. The number of hydrogen-bond acceptors (Lipinski definition) is 9. The summed E-state index contributed by atoms with van der Waals surface area (Å²) in [4.78, 5) is 33.8. The van der Waals surface area contributed by atoms with Crippen LogP contribution < -0.4 is 15.0 Å². The number of ether oxygens (including phenoxy) is 2. The first kappa shape index (κ1) is 36.9. The van der Waals surface area contributed by atoms with Gasteiger partial charge in [0, 0.05) is 37.2 Å². The Morgan fingerprint density at radius 1 is 1.12 bits per heavy atom. The summed E-state index contributed by atoms with van der Waals surface area (Å²) in [5, 5.41) is 29.3. The number of piperidine rings is 1. The fourth-order valence-corrected chi connectivity index (χ4v) is 6.30. The molecule has 3 heterocycles. The maximum Gasteiger partial charge on any atom is 0.420 e. The molecule has 1 aromatic carbocycles. The Hall–Kier alpha value is -3.88. The molecule has 14 heteroatoms. The number of amides is 2. The van der Waals surface area contributed by atoms with Gasteiger partial charge in [-0.3, -0.25) is 0 Å². The van der Waals surface area contributed by atoms with Crippen LogP contribution in [-0.4, -0.2) is 94.3 Å². The van der Waals surface area contributed by atoms with Gasteiger partial charge in [0.15, 0.2) is 19.8 Å². The quantitative estimate of drug-likeness (QED) is 0.187. The number of rotatable bonds is 11. The Labute approximate surface area is 284 Å². The number of anilines is 3. The predicted octanol–water partition coefficient (Wildman–Crippen LogP) is 6.68. The van der Waals surface area contributed by atoms with Crippen molar-refractivity contribution in [2.24, 2.45) is 0 Å². The monoisotopic (exact) mass is 684 g/mol. The second-order valence-corrected chi connectivity index (χ2v) is 19.6. The van der Waals surface area contributed by atoms with Crippen LogP contribution in [0.2, 0.25) is 18.1 Å². The van der Waals surface area contributed by atoms with E-state index in [1.54, 1.807) is 61.8 Å². The van der Waals surface area contributed by atoms with Crippen LogP contribution in [0.4, 0.5) is 26.9 Å². The zero-order chi connectivity index (χ0) is 35.4. The number of carboxylic acid groups (broad SMARTS) is 1. The average molecular weight is 685 g/mol. The van der Waals surface area contributed by atoms with Crippen LogP contribution in [0, 0.1) is 0 Å². The van der Waals surface area contributed by atoms with E-state index in [2.05, 4.69) is 44.3 Å². The lowest BCUT2D eigenvalue weighted by molar-refractivity contribution is 0.0596. The number of fused-ring (bicyclic) bond motifs is 1. The number of carbonyl (C=O) groups excluding carboxylic acids is 1. The average Bonchev–Trinajstić information content (AvgIpc) is 3.45. The molecule has 3 aromatic rings. The van der Waals surface area contributed by atoms with Gasteiger partial charge in [0.1, 0.15) is 17.2 Å². The van der Waals surface area contributed by atoms with Gasteiger partial charge in [-0.2, -0.15) is 9.61 Å². The lowest BCUT2D eigenvalue weighted by Gasteiger charge is -2.37. The molecule has 3 N–H and O–H groups in total. The van der Waals surface area contributed by atoms with Crippen LogP contribution >= 0.6 is 0 Å². The van der Waals surface area contributed by atoms with Gasteiger partial charge in [0.2, 0.25) is 0 Å². The summed E-state index contributed by atoms with van der Waals surface area (Å²) in [6, 6.07) is 8.57. The van der Waals surface area contributed by atoms with Gasteiger partial charge in [-0.05, 0) is 82.9 Å². The van der Waals surface area contributed by atoms with E-state index in [4.69, 9.17) is 18.9 Å². The van der Waals surface area contributed by atoms with Gasteiger partial charge in [0.25, 0.3) is 0 Å². The third kappa shape index (κ3) is 8.97. The van der Waals surface area contributed by atoms with Gasteiger partial charge in [-0.15, -0.1) is 0 Å². The highest BCUT2D eigenvalue weighted by Gasteiger charge is 2.38. The molecule has 0 radical (unpaired) electrons. The van der Waals surface area contributed by atoms with E-state index in [0.29, 0.717) is 53.9 Å². The minimum atomic E-state index is -2.20. The highest BCUT2D eigenvalue weighted by atomic mass is 28.4. The molecule has 1 aliphatic rings. The third-order valence-electron chi connectivity index (χ3n) is 8.71. The van der Waals surface area contributed by atoms with Crippen LogP contribution in [0.15, 0.2) is 36.5 Å². The Kier molecular flexibility index (Phi) is 11.3. The Morgan fingerprint density at radius 2 is 1.81 bits per heavy atom. The fourth-order valence-electron chi connectivity index (χ4n) is 5.25. The maximum atomic E-state index is 14.2. The molecular formula is C34H52N6O7Si. The summed E-state index contributed by atoms with van der Waals surface area (Å²) in [6.07, 6.45) is 0.456. The molecule has 0 saturated carbocycles. The van der Waals surface area contributed by atoms with Crippen LogP contribution in [0.3, 0.4) is 0 Å². The van der Waals surface area contributed by atoms with Crippen LogP contribution in [0.1, 0.15) is 66.9 Å². The number of aliphatic hydroxyl groups excluding tert-OH is 1. The van der Waals surface area contributed by atoms with E-state index in [9.17, 15) is 19.8 Å². The van der Waals surface area contributed by atoms with Crippen molar-refractivity contribution in [2.75, 3.05) is 36.5 Å². The molecule has 2 atom stereocenters. The highest BCUT2D eigenvalue weighted by molar-refractivity contribution is 6.74. The van der Waals surface area contributed by atoms with E-state index < -0.39 is 32.2 Å². The van der Waals surface area contributed by atoms with E-state index in [1.807, 2.05) is 6.92 Å². The number of hydrogen-bond donors (Lipinski definition) is 3. The summed E-state index contributed by atoms with van der Waals surface area (Å²) < 4.78 is 19.6. The molecule has 0 bridgehead atoms.